The minimum Gasteiger partial charge on any atom is -0.336 e. The highest BCUT2D eigenvalue weighted by Gasteiger charge is 2.25. The normalized spacial score (nSPS) is 16.6. The Kier molecular flexibility index (Phi) is 7.41. The number of benzene rings is 1. The maximum absolute atomic E-state index is 12.9. The SMILES string of the molecule is Cl.Cl.N[C@@H]1CCN(C(=O)c2csc(Cc3ccc(F)cc3)n2)C1. The average molecular weight is 378 g/mol. The lowest BCUT2D eigenvalue weighted by Crippen LogP contribution is -2.32. The summed E-state index contributed by atoms with van der Waals surface area (Å²) in [5.74, 6) is -0.302. The molecule has 1 aromatic heterocycles. The van der Waals surface area contributed by atoms with Crippen molar-refractivity contribution in [2.45, 2.75) is 18.9 Å². The van der Waals surface area contributed by atoms with Gasteiger partial charge in [-0.3, -0.25) is 4.79 Å². The lowest BCUT2D eigenvalue weighted by Gasteiger charge is -2.13. The first-order valence-corrected chi connectivity index (χ1v) is 7.73. The van der Waals surface area contributed by atoms with E-state index in [-0.39, 0.29) is 42.6 Å². The molecule has 0 radical (unpaired) electrons. The molecular weight excluding hydrogens is 360 g/mol. The molecule has 1 fully saturated rings. The molecule has 0 aliphatic carbocycles. The van der Waals surface area contributed by atoms with Gasteiger partial charge < -0.3 is 10.6 Å². The van der Waals surface area contributed by atoms with Gasteiger partial charge in [-0.2, -0.15) is 0 Å². The molecule has 1 aromatic carbocycles. The fourth-order valence-corrected chi connectivity index (χ4v) is 3.20. The summed E-state index contributed by atoms with van der Waals surface area (Å²) in [5.41, 5.74) is 7.28. The van der Waals surface area contributed by atoms with Crippen molar-refractivity contribution in [1.29, 1.82) is 0 Å². The zero-order chi connectivity index (χ0) is 14.8. The zero-order valence-corrected chi connectivity index (χ0v) is 14.7. The number of nitrogens with two attached hydrogens (primary N) is 1. The summed E-state index contributed by atoms with van der Waals surface area (Å²) in [6.45, 7) is 1.30. The van der Waals surface area contributed by atoms with E-state index in [1.165, 1.54) is 23.5 Å². The van der Waals surface area contributed by atoms with Crippen molar-refractivity contribution in [1.82, 2.24) is 9.88 Å². The number of nitrogens with zero attached hydrogens (tertiary/aromatic N) is 2. The Morgan fingerprint density at radius 3 is 2.65 bits per heavy atom. The Hall–Kier alpha value is -1.21. The van der Waals surface area contributed by atoms with Crippen molar-refractivity contribution in [3.05, 3.63) is 51.7 Å². The van der Waals surface area contributed by atoms with Crippen LogP contribution in [0.1, 0.15) is 27.5 Å². The van der Waals surface area contributed by atoms with Crippen LogP contribution in [-0.2, 0) is 6.42 Å². The summed E-state index contributed by atoms with van der Waals surface area (Å²) in [4.78, 5) is 18.4. The van der Waals surface area contributed by atoms with Crippen molar-refractivity contribution in [3.63, 3.8) is 0 Å². The van der Waals surface area contributed by atoms with E-state index in [0.29, 0.717) is 25.2 Å². The Morgan fingerprint density at radius 1 is 1.35 bits per heavy atom. The van der Waals surface area contributed by atoms with Gasteiger partial charge in [0.2, 0.25) is 0 Å². The molecule has 126 valence electrons. The van der Waals surface area contributed by atoms with Gasteiger partial charge in [0.1, 0.15) is 11.5 Å². The van der Waals surface area contributed by atoms with Gasteiger partial charge in [0, 0.05) is 30.9 Å². The van der Waals surface area contributed by atoms with Crippen molar-refractivity contribution < 1.29 is 9.18 Å². The Labute approximate surface area is 150 Å². The summed E-state index contributed by atoms with van der Waals surface area (Å²) >= 11 is 1.45. The first-order valence-electron chi connectivity index (χ1n) is 6.85. The van der Waals surface area contributed by atoms with E-state index in [1.807, 2.05) is 0 Å². The van der Waals surface area contributed by atoms with Crippen LogP contribution in [0.4, 0.5) is 4.39 Å². The minimum atomic E-state index is -0.251. The van der Waals surface area contributed by atoms with Crippen LogP contribution in [0.3, 0.4) is 0 Å². The molecule has 2 N–H and O–H groups in total. The highest BCUT2D eigenvalue weighted by atomic mass is 35.5. The smallest absolute Gasteiger partial charge is 0.273 e. The molecule has 1 aliphatic heterocycles. The summed E-state index contributed by atoms with van der Waals surface area (Å²) in [5, 5.41) is 2.64. The molecular formula is C15H18Cl2FN3OS. The molecule has 1 atom stereocenters. The third kappa shape index (κ3) is 4.88. The maximum Gasteiger partial charge on any atom is 0.273 e. The molecule has 2 aromatic rings. The van der Waals surface area contributed by atoms with Gasteiger partial charge in [0.05, 0.1) is 5.01 Å². The summed E-state index contributed by atoms with van der Waals surface area (Å²) in [6, 6.07) is 6.41. The van der Waals surface area contributed by atoms with Gasteiger partial charge >= 0.3 is 0 Å². The molecule has 0 bridgehead atoms. The second-order valence-corrected chi connectivity index (χ2v) is 6.17. The number of hydrogen-bond acceptors (Lipinski definition) is 4. The van der Waals surface area contributed by atoms with Gasteiger partial charge in [-0.1, -0.05) is 12.1 Å². The fourth-order valence-electron chi connectivity index (χ4n) is 2.40. The number of aromatic nitrogens is 1. The molecule has 0 unspecified atom stereocenters. The quantitative estimate of drug-likeness (QED) is 0.894. The number of carbonyl (C=O) groups excluding carboxylic acids is 1. The molecule has 1 aliphatic rings. The molecule has 0 spiro atoms. The highest BCUT2D eigenvalue weighted by Crippen LogP contribution is 2.18. The Balaban J connectivity index is 0.00000132. The number of thiazole rings is 1. The van der Waals surface area contributed by atoms with Crippen molar-refractivity contribution in [2.75, 3.05) is 13.1 Å². The van der Waals surface area contributed by atoms with Crippen LogP contribution >= 0.6 is 36.2 Å². The van der Waals surface area contributed by atoms with Crippen LogP contribution < -0.4 is 5.73 Å². The zero-order valence-electron chi connectivity index (χ0n) is 12.3. The van der Waals surface area contributed by atoms with Crippen molar-refractivity contribution >= 4 is 42.1 Å². The monoisotopic (exact) mass is 377 g/mol. The summed E-state index contributed by atoms with van der Waals surface area (Å²) < 4.78 is 12.9. The lowest BCUT2D eigenvalue weighted by molar-refractivity contribution is 0.0785. The van der Waals surface area contributed by atoms with E-state index in [4.69, 9.17) is 5.73 Å². The number of hydrogen-bond donors (Lipinski definition) is 1. The van der Waals surface area contributed by atoms with Gasteiger partial charge in [-0.15, -0.1) is 36.2 Å². The van der Waals surface area contributed by atoms with Crippen LogP contribution in [0, 0.1) is 5.82 Å². The Bertz CT molecular complexity index is 650. The third-order valence-electron chi connectivity index (χ3n) is 3.55. The number of rotatable bonds is 3. The average Bonchev–Trinajstić information content (AvgIpc) is 3.10. The first-order chi connectivity index (χ1) is 10.1. The summed E-state index contributed by atoms with van der Waals surface area (Å²) in [7, 11) is 0. The number of amides is 1. The van der Waals surface area contributed by atoms with E-state index in [0.717, 1.165) is 17.0 Å². The number of likely N-dealkylation sites (tertiary alicyclic amines) is 1. The molecule has 23 heavy (non-hydrogen) atoms. The molecule has 2 heterocycles. The molecule has 3 rings (SSSR count). The van der Waals surface area contributed by atoms with E-state index in [2.05, 4.69) is 4.98 Å². The van der Waals surface area contributed by atoms with Gasteiger partial charge in [-0.05, 0) is 24.1 Å². The molecule has 1 saturated heterocycles. The number of halogens is 3. The topological polar surface area (TPSA) is 59.2 Å². The van der Waals surface area contributed by atoms with Crippen LogP contribution in [0.2, 0.25) is 0 Å². The number of carbonyl (C=O) groups is 1. The standard InChI is InChI=1S/C15H16FN3OS.2ClH/c16-11-3-1-10(2-4-11)7-14-18-13(9-21-14)15(20)19-6-5-12(17)8-19;;/h1-4,9,12H,5-8,17H2;2*1H/t12-;;/m1../s1. The van der Waals surface area contributed by atoms with Gasteiger partial charge in [-0.25, -0.2) is 9.37 Å². The van der Waals surface area contributed by atoms with Crippen LogP contribution in [-0.4, -0.2) is 34.9 Å². The second-order valence-electron chi connectivity index (χ2n) is 5.23. The van der Waals surface area contributed by atoms with E-state index in [1.54, 1.807) is 22.4 Å². The molecule has 8 heteroatoms. The second kappa shape index (κ2) is 8.59. The first kappa shape index (κ1) is 19.8. The third-order valence-corrected chi connectivity index (χ3v) is 4.40. The highest BCUT2D eigenvalue weighted by molar-refractivity contribution is 7.09. The van der Waals surface area contributed by atoms with Crippen molar-refractivity contribution in [3.8, 4) is 0 Å². The molecule has 0 saturated carbocycles. The van der Waals surface area contributed by atoms with Gasteiger partial charge in [0.25, 0.3) is 5.91 Å². The van der Waals surface area contributed by atoms with Crippen LogP contribution in [0.25, 0.3) is 0 Å². The Morgan fingerprint density at radius 2 is 2.04 bits per heavy atom. The van der Waals surface area contributed by atoms with Crippen LogP contribution in [0.15, 0.2) is 29.6 Å². The maximum atomic E-state index is 12.9. The predicted octanol–water partition coefficient (Wildman–Crippen LogP) is 2.89. The van der Waals surface area contributed by atoms with Crippen molar-refractivity contribution in [2.24, 2.45) is 5.73 Å². The largest absolute Gasteiger partial charge is 0.336 e. The van der Waals surface area contributed by atoms with Gasteiger partial charge in [0.15, 0.2) is 0 Å². The van der Waals surface area contributed by atoms with E-state index >= 15 is 0 Å². The van der Waals surface area contributed by atoms with Crippen LogP contribution in [0.5, 0.6) is 0 Å². The van der Waals surface area contributed by atoms with E-state index in [9.17, 15) is 9.18 Å². The molecule has 1 amide bonds. The minimum absolute atomic E-state index is 0. The predicted molar refractivity (Wildman–Crippen MR) is 94.3 cm³/mol. The van der Waals surface area contributed by atoms with E-state index < -0.39 is 0 Å². The summed E-state index contributed by atoms with van der Waals surface area (Å²) in [6.07, 6.45) is 1.45. The fraction of sp³-hybridized carbons (Fsp3) is 0.333. The molecule has 4 nitrogen and oxygen atoms in total. The lowest BCUT2D eigenvalue weighted by atomic mass is 10.1.